The van der Waals surface area contributed by atoms with Gasteiger partial charge in [0.25, 0.3) is 0 Å². The van der Waals surface area contributed by atoms with Gasteiger partial charge in [-0.15, -0.1) is 0 Å². The van der Waals surface area contributed by atoms with Gasteiger partial charge in [-0.1, -0.05) is 56.3 Å². The molecule has 39 heavy (non-hydrogen) atoms. The number of ether oxygens (including phenoxy) is 1. The summed E-state index contributed by atoms with van der Waals surface area (Å²) in [6.07, 6.45) is 1.37. The highest BCUT2D eigenvalue weighted by molar-refractivity contribution is 9.10. The molecule has 0 spiro atoms. The molecule has 11 heteroatoms. The summed E-state index contributed by atoms with van der Waals surface area (Å²) in [6.45, 7) is 4.87. The van der Waals surface area contributed by atoms with Crippen molar-refractivity contribution in [2.75, 3.05) is 18.1 Å². The summed E-state index contributed by atoms with van der Waals surface area (Å²) in [5.74, 6) is -0.452. The zero-order chi connectivity index (χ0) is 27.9. The van der Waals surface area contributed by atoms with Crippen LogP contribution in [0.5, 0.6) is 11.5 Å². The first-order valence-electron chi connectivity index (χ1n) is 12.6. The fraction of sp³-hybridized carbons (Fsp3) is 0.357. The van der Waals surface area contributed by atoms with E-state index < -0.39 is 25.6 Å². The van der Waals surface area contributed by atoms with E-state index >= 15 is 0 Å². The van der Waals surface area contributed by atoms with Gasteiger partial charge in [-0.25, -0.2) is 13.3 Å². The number of hydrogen-bond donors (Lipinski definition) is 2. The van der Waals surface area contributed by atoms with Crippen molar-refractivity contribution < 1.29 is 32.0 Å². The summed E-state index contributed by atoms with van der Waals surface area (Å²) in [5, 5.41) is 0. The fourth-order valence-corrected chi connectivity index (χ4v) is 6.83. The first kappa shape index (κ1) is 28.2. The second kappa shape index (κ2) is 10.9. The number of rotatable bonds is 1. The second-order valence-corrected chi connectivity index (χ2v) is 12.8. The number of piperidine rings is 1. The van der Waals surface area contributed by atoms with Crippen LogP contribution in [-0.2, 0) is 13.6 Å². The maximum Gasteiger partial charge on any atom is 0.472 e. The van der Waals surface area contributed by atoms with Crippen molar-refractivity contribution >= 4 is 29.4 Å². The van der Waals surface area contributed by atoms with Gasteiger partial charge in [0.1, 0.15) is 11.9 Å². The highest BCUT2D eigenvalue weighted by atomic mass is 79.9. The first-order valence-corrected chi connectivity index (χ1v) is 14.9. The van der Waals surface area contributed by atoms with E-state index in [1.165, 1.54) is 12.1 Å². The van der Waals surface area contributed by atoms with Crippen LogP contribution in [0.15, 0.2) is 65.1 Å². The molecule has 0 aliphatic carbocycles. The molecule has 3 aliphatic rings. The molecule has 4 atom stereocenters. The molecular weight excluding hydrogens is 593 g/mol. The van der Waals surface area contributed by atoms with Gasteiger partial charge >= 0.3 is 7.82 Å². The van der Waals surface area contributed by atoms with Crippen molar-refractivity contribution in [3.05, 3.63) is 87.9 Å². The summed E-state index contributed by atoms with van der Waals surface area (Å²) >= 11 is 3.22. The first-order chi connectivity index (χ1) is 18.5. The molecule has 3 aromatic rings. The molecule has 0 amide bonds. The van der Waals surface area contributed by atoms with Crippen LogP contribution < -0.4 is 15.4 Å². The lowest BCUT2D eigenvalue weighted by Crippen LogP contribution is -2.45. The Morgan fingerprint density at radius 1 is 1.10 bits per heavy atom. The zero-order valence-electron chi connectivity index (χ0n) is 21.5. The van der Waals surface area contributed by atoms with Crippen molar-refractivity contribution in [2.24, 2.45) is 11.1 Å². The Bertz CT molecular complexity index is 1410. The van der Waals surface area contributed by atoms with E-state index in [1.54, 1.807) is 12.1 Å². The smallest absolute Gasteiger partial charge is 0.452 e. The van der Waals surface area contributed by atoms with Crippen LogP contribution in [0.2, 0.25) is 0 Å². The van der Waals surface area contributed by atoms with Crippen molar-refractivity contribution in [3.63, 3.8) is 0 Å². The van der Waals surface area contributed by atoms with E-state index in [0.717, 1.165) is 30.6 Å². The van der Waals surface area contributed by atoms with Gasteiger partial charge in [-0.2, -0.15) is 0 Å². The number of phosphoric acid groups is 1. The minimum atomic E-state index is -3.89. The molecule has 3 N–H and O–H groups in total. The molecule has 2 fully saturated rings. The number of halogens is 3. The predicted molar refractivity (Wildman–Crippen MR) is 148 cm³/mol. The second-order valence-electron chi connectivity index (χ2n) is 10.6. The molecule has 1 unspecified atom stereocenters. The van der Waals surface area contributed by atoms with Crippen LogP contribution in [0, 0.1) is 17.0 Å². The van der Waals surface area contributed by atoms with E-state index in [2.05, 4.69) is 20.8 Å². The maximum absolute atomic E-state index is 14.3. The molecule has 2 saturated heterocycles. The van der Waals surface area contributed by atoms with Gasteiger partial charge in [0.05, 0.1) is 22.8 Å². The summed E-state index contributed by atoms with van der Waals surface area (Å²) in [5.41, 5.74) is 8.36. The molecule has 0 bridgehead atoms. The normalized spacial score (nSPS) is 27.1. The summed E-state index contributed by atoms with van der Waals surface area (Å²) in [7, 11) is -3.89. The summed E-state index contributed by atoms with van der Waals surface area (Å²) in [6, 6.07) is 16.9. The molecule has 6 rings (SSSR count). The topological polar surface area (TPSA) is 94.2 Å². The SMILES string of the molecule is CC1(C)COP(=O)(O)O[C@H]1c1ccccc1.N[C@@H]1CCCN2c3cc(Br)c(F)cc3Oc3c(F)cccc3[C@@H]12. The Hall–Kier alpha value is -2.33. The molecule has 0 radical (unpaired) electrons. The van der Waals surface area contributed by atoms with Crippen LogP contribution in [0.1, 0.15) is 50.0 Å². The number of fused-ring (bicyclic) bond motifs is 5. The quantitative estimate of drug-likeness (QED) is 0.273. The number of nitrogens with two attached hydrogens (primary N) is 1. The van der Waals surface area contributed by atoms with E-state index in [-0.39, 0.29) is 29.9 Å². The number of phosphoric ester groups is 1. The Morgan fingerprint density at radius 2 is 1.85 bits per heavy atom. The number of hydrogen-bond acceptors (Lipinski definition) is 6. The van der Waals surface area contributed by atoms with Crippen LogP contribution in [0.3, 0.4) is 0 Å². The number of para-hydroxylation sites is 1. The van der Waals surface area contributed by atoms with Gasteiger partial charge in [0, 0.05) is 29.6 Å². The van der Waals surface area contributed by atoms with Crippen LogP contribution in [-0.4, -0.2) is 24.1 Å². The average molecular weight is 623 g/mol. The molecule has 3 aliphatic heterocycles. The van der Waals surface area contributed by atoms with Crippen molar-refractivity contribution in [2.45, 2.75) is 44.9 Å². The van der Waals surface area contributed by atoms with Gasteiger partial charge in [0.2, 0.25) is 0 Å². The average Bonchev–Trinajstić information content (AvgIpc) is 3.03. The van der Waals surface area contributed by atoms with Crippen molar-refractivity contribution in [3.8, 4) is 11.5 Å². The molecule has 3 aromatic carbocycles. The standard InChI is InChI=1S/C17H15BrF2N2O.C11H15O4P/c18-10-7-14-15(8-12(10)20)23-17-9(3-1-4-11(17)19)16-13(21)5-2-6-22(14)16;1-11(2)8-14-16(12,13)15-10(11)9-6-4-3-5-7-9/h1,3-4,7-8,13,16H,2,5-6,21H2;3-7,10H,8H2,1-2H3,(H,12,13)/t13-,16+;10-/m10/s1. The van der Waals surface area contributed by atoms with Gasteiger partial charge < -0.3 is 20.3 Å². The molecule has 208 valence electrons. The third kappa shape index (κ3) is 5.78. The zero-order valence-corrected chi connectivity index (χ0v) is 24.0. The Labute approximate surface area is 234 Å². The largest absolute Gasteiger partial charge is 0.472 e. The number of nitrogens with zero attached hydrogens (tertiary/aromatic N) is 1. The van der Waals surface area contributed by atoms with Crippen LogP contribution in [0.25, 0.3) is 0 Å². The van der Waals surface area contributed by atoms with Crippen LogP contribution >= 0.6 is 23.8 Å². The fourth-order valence-electron chi connectivity index (χ4n) is 5.26. The molecule has 0 saturated carbocycles. The van der Waals surface area contributed by atoms with E-state index in [4.69, 9.17) is 19.5 Å². The number of anilines is 1. The van der Waals surface area contributed by atoms with E-state index in [9.17, 15) is 18.2 Å². The molecule has 7 nitrogen and oxygen atoms in total. The highest BCUT2D eigenvalue weighted by Crippen LogP contribution is 2.58. The van der Waals surface area contributed by atoms with Crippen molar-refractivity contribution in [1.82, 2.24) is 0 Å². The molecule has 0 aromatic heterocycles. The Balaban J connectivity index is 0.000000169. The minimum absolute atomic E-state index is 0.136. The molecular formula is C28H30BrF2N2O5P. The number of benzene rings is 3. The Kier molecular flexibility index (Phi) is 7.90. The summed E-state index contributed by atoms with van der Waals surface area (Å²) < 4.78 is 55.8. The third-order valence-electron chi connectivity index (χ3n) is 7.17. The molecule has 3 heterocycles. The van der Waals surface area contributed by atoms with Gasteiger partial charge in [-0.05, 0) is 46.5 Å². The van der Waals surface area contributed by atoms with Crippen molar-refractivity contribution in [1.29, 1.82) is 0 Å². The maximum atomic E-state index is 14.3. The Morgan fingerprint density at radius 3 is 2.59 bits per heavy atom. The lowest BCUT2D eigenvalue weighted by molar-refractivity contribution is -0.0472. The van der Waals surface area contributed by atoms with Crippen LogP contribution in [0.4, 0.5) is 14.5 Å². The lowest BCUT2D eigenvalue weighted by Gasteiger charge is -2.40. The highest BCUT2D eigenvalue weighted by Gasteiger charge is 2.44. The summed E-state index contributed by atoms with van der Waals surface area (Å²) in [4.78, 5) is 11.4. The predicted octanol–water partition coefficient (Wildman–Crippen LogP) is 7.40. The van der Waals surface area contributed by atoms with E-state index in [0.29, 0.717) is 15.8 Å². The monoisotopic (exact) mass is 622 g/mol. The third-order valence-corrected chi connectivity index (χ3v) is 8.71. The van der Waals surface area contributed by atoms with Gasteiger partial charge in [0.15, 0.2) is 17.3 Å². The minimum Gasteiger partial charge on any atom is -0.452 e. The lowest BCUT2D eigenvalue weighted by atomic mass is 9.83. The van der Waals surface area contributed by atoms with E-state index in [1.807, 2.05) is 50.2 Å². The van der Waals surface area contributed by atoms with Gasteiger partial charge in [-0.3, -0.25) is 9.05 Å².